The smallest absolute Gasteiger partial charge is 0.408 e. The van der Waals surface area contributed by atoms with E-state index in [1.807, 2.05) is 12.1 Å². The van der Waals surface area contributed by atoms with E-state index >= 15 is 0 Å². The summed E-state index contributed by atoms with van der Waals surface area (Å²) in [6, 6.07) is 9.62. The third-order valence-corrected chi connectivity index (χ3v) is 8.22. The second-order valence-electron chi connectivity index (χ2n) is 11.2. The van der Waals surface area contributed by atoms with Crippen molar-refractivity contribution >= 4 is 38.6 Å². The van der Waals surface area contributed by atoms with E-state index in [0.717, 1.165) is 15.7 Å². The van der Waals surface area contributed by atoms with Crippen molar-refractivity contribution < 1.29 is 32.6 Å². The lowest BCUT2D eigenvalue weighted by Crippen LogP contribution is -2.57. The topological polar surface area (TPSA) is 130 Å². The molecule has 1 fully saturated rings. The van der Waals surface area contributed by atoms with E-state index in [9.17, 15) is 27.9 Å². The average molecular weight is 519 g/mol. The van der Waals surface area contributed by atoms with Crippen LogP contribution in [0.1, 0.15) is 48.0 Å². The lowest BCUT2D eigenvalue weighted by atomic mass is 9.85. The molecule has 2 amide bonds. The summed E-state index contributed by atoms with van der Waals surface area (Å²) in [7, 11) is -3.94. The van der Waals surface area contributed by atoms with E-state index in [2.05, 4.69) is 5.32 Å². The molecule has 2 aromatic rings. The van der Waals surface area contributed by atoms with Crippen LogP contribution in [0.3, 0.4) is 0 Å². The van der Waals surface area contributed by atoms with Crippen molar-refractivity contribution in [2.75, 3.05) is 6.54 Å². The molecule has 36 heavy (non-hydrogen) atoms. The van der Waals surface area contributed by atoms with Crippen molar-refractivity contribution in [1.82, 2.24) is 10.2 Å². The second-order valence-corrected chi connectivity index (χ2v) is 13.4. The number of benzene rings is 2. The average Bonchev–Trinajstić information content (AvgIpc) is 3.21. The van der Waals surface area contributed by atoms with E-state index in [1.165, 1.54) is 6.07 Å². The molecule has 0 saturated carbocycles. The summed E-state index contributed by atoms with van der Waals surface area (Å²) < 4.78 is 32.3. The van der Waals surface area contributed by atoms with Gasteiger partial charge in [-0.3, -0.25) is 4.79 Å². The maximum atomic E-state index is 13.6. The Hall–Kier alpha value is -3.14. The molecule has 0 aliphatic carbocycles. The Labute approximate surface area is 211 Å². The summed E-state index contributed by atoms with van der Waals surface area (Å²) in [5.41, 5.74) is -1.60. The molecule has 0 radical (unpaired) electrons. The quantitative estimate of drug-likeness (QED) is 0.618. The van der Waals surface area contributed by atoms with Crippen molar-refractivity contribution in [1.29, 1.82) is 0 Å². The number of ether oxygens (including phenoxy) is 1. The van der Waals surface area contributed by atoms with Crippen molar-refractivity contribution in [2.24, 2.45) is 5.41 Å². The van der Waals surface area contributed by atoms with E-state index in [-0.39, 0.29) is 17.9 Å². The number of carboxylic acids is 1. The van der Waals surface area contributed by atoms with Gasteiger partial charge in [0.15, 0.2) is 9.84 Å². The van der Waals surface area contributed by atoms with Gasteiger partial charge in [-0.1, -0.05) is 51.1 Å². The Morgan fingerprint density at radius 1 is 1.03 bits per heavy atom. The van der Waals surface area contributed by atoms with Crippen LogP contribution in [0, 0.1) is 5.41 Å². The predicted octanol–water partition coefficient (Wildman–Crippen LogP) is 3.61. The number of nitrogens with zero attached hydrogens (tertiary/aromatic N) is 1. The molecule has 0 spiro atoms. The van der Waals surface area contributed by atoms with Gasteiger partial charge in [-0.2, -0.15) is 0 Å². The van der Waals surface area contributed by atoms with E-state index in [0.29, 0.717) is 0 Å². The zero-order chi connectivity index (χ0) is 27.1. The molecular formula is C26H34N2O7S. The van der Waals surface area contributed by atoms with Gasteiger partial charge in [0.25, 0.3) is 0 Å². The van der Waals surface area contributed by atoms with Gasteiger partial charge in [-0.05, 0) is 55.5 Å². The first-order chi connectivity index (χ1) is 16.5. The maximum Gasteiger partial charge on any atom is 0.408 e. The van der Waals surface area contributed by atoms with Crippen molar-refractivity contribution in [3.05, 3.63) is 42.5 Å². The van der Waals surface area contributed by atoms with Gasteiger partial charge in [-0.15, -0.1) is 0 Å². The first-order valence-electron chi connectivity index (χ1n) is 11.8. The number of sulfone groups is 1. The minimum atomic E-state index is -3.94. The highest BCUT2D eigenvalue weighted by Crippen LogP contribution is 2.32. The minimum Gasteiger partial charge on any atom is -0.480 e. The second kappa shape index (κ2) is 9.72. The summed E-state index contributed by atoms with van der Waals surface area (Å²) >= 11 is 0. The number of rotatable bonds is 5. The highest BCUT2D eigenvalue weighted by molar-refractivity contribution is 7.92. The predicted molar refractivity (Wildman–Crippen MR) is 135 cm³/mol. The number of carbonyl (C=O) groups is 3. The molecule has 0 bridgehead atoms. The first-order valence-corrected chi connectivity index (χ1v) is 13.3. The summed E-state index contributed by atoms with van der Waals surface area (Å²) in [6.07, 6.45) is -1.07. The molecule has 0 aromatic heterocycles. The van der Waals surface area contributed by atoms with Gasteiger partial charge in [0, 0.05) is 6.54 Å². The fourth-order valence-corrected chi connectivity index (χ4v) is 6.00. The first kappa shape index (κ1) is 27.4. The summed E-state index contributed by atoms with van der Waals surface area (Å²) in [4.78, 5) is 39.2. The molecular weight excluding hydrogens is 484 g/mol. The number of hydrogen-bond donors (Lipinski definition) is 2. The Bertz CT molecular complexity index is 1280. The Morgan fingerprint density at radius 2 is 1.64 bits per heavy atom. The third-order valence-electron chi connectivity index (χ3n) is 6.09. The van der Waals surface area contributed by atoms with Gasteiger partial charge < -0.3 is 20.1 Å². The van der Waals surface area contributed by atoms with E-state index in [4.69, 9.17) is 4.74 Å². The van der Waals surface area contributed by atoms with E-state index in [1.54, 1.807) is 65.8 Å². The van der Waals surface area contributed by atoms with Crippen molar-refractivity contribution in [3.63, 3.8) is 0 Å². The number of hydrogen-bond acceptors (Lipinski definition) is 6. The van der Waals surface area contributed by atoms with Gasteiger partial charge in [0.1, 0.15) is 17.7 Å². The van der Waals surface area contributed by atoms with Crippen LogP contribution < -0.4 is 5.32 Å². The number of amides is 2. The highest BCUT2D eigenvalue weighted by Gasteiger charge is 2.48. The normalized spacial score (nSPS) is 19.7. The molecule has 10 heteroatoms. The molecule has 9 nitrogen and oxygen atoms in total. The SMILES string of the molecule is CC(C)(C)OC(=O)NC(C(=O)N1CC(S(=O)(=O)c2ccc3ccccc3c2)CC1C(=O)O)C(C)(C)C. The highest BCUT2D eigenvalue weighted by atomic mass is 32.2. The standard InChI is InChI=1S/C26H34N2O7S/c1-25(2,3)21(27-24(32)35-26(4,5)6)22(29)28-15-19(14-20(28)23(30)31)36(33,34)18-12-11-16-9-7-8-10-17(16)13-18/h7-13,19-21H,14-15H2,1-6H3,(H,27,32)(H,30,31). The molecule has 1 aliphatic heterocycles. The Morgan fingerprint density at radius 3 is 2.19 bits per heavy atom. The van der Waals surface area contributed by atoms with Crippen LogP contribution in [-0.4, -0.2) is 65.9 Å². The van der Waals surface area contributed by atoms with Crippen LogP contribution >= 0.6 is 0 Å². The maximum absolute atomic E-state index is 13.6. The molecule has 3 atom stereocenters. The van der Waals surface area contributed by atoms with Crippen LogP contribution in [0.5, 0.6) is 0 Å². The van der Waals surface area contributed by atoms with Crippen molar-refractivity contribution in [3.8, 4) is 0 Å². The monoisotopic (exact) mass is 518 g/mol. The van der Waals surface area contributed by atoms with Gasteiger partial charge in [0.05, 0.1) is 10.1 Å². The molecule has 2 aromatic carbocycles. The van der Waals surface area contributed by atoms with E-state index < -0.39 is 56.2 Å². The largest absolute Gasteiger partial charge is 0.480 e. The number of alkyl carbamates (subject to hydrolysis) is 1. The fraction of sp³-hybridized carbons (Fsp3) is 0.500. The number of aliphatic carboxylic acids is 1. The van der Waals surface area contributed by atoms with Crippen LogP contribution in [0.25, 0.3) is 10.8 Å². The Balaban J connectivity index is 1.91. The summed E-state index contributed by atoms with van der Waals surface area (Å²) in [5.74, 6) is -1.97. The molecule has 1 aliphatic rings. The number of nitrogens with one attached hydrogen (secondary N) is 1. The van der Waals surface area contributed by atoms with Crippen LogP contribution in [-0.2, 0) is 24.2 Å². The molecule has 196 valence electrons. The Kier molecular flexibility index (Phi) is 7.41. The van der Waals surface area contributed by atoms with Gasteiger partial charge in [-0.25, -0.2) is 18.0 Å². The minimum absolute atomic E-state index is 0.0730. The molecule has 1 saturated heterocycles. The molecule has 2 N–H and O–H groups in total. The molecule has 1 heterocycles. The lowest BCUT2D eigenvalue weighted by molar-refractivity contribution is -0.150. The lowest BCUT2D eigenvalue weighted by Gasteiger charge is -2.35. The molecule has 3 rings (SSSR count). The summed E-state index contributed by atoms with van der Waals surface area (Å²) in [6.45, 7) is 9.93. The molecule has 3 unspecified atom stereocenters. The number of carbonyl (C=O) groups excluding carboxylic acids is 2. The number of carboxylic acid groups (broad SMARTS) is 1. The fourth-order valence-electron chi connectivity index (χ4n) is 4.28. The third kappa shape index (κ3) is 5.98. The van der Waals surface area contributed by atoms with Gasteiger partial charge >= 0.3 is 12.1 Å². The zero-order valence-electron chi connectivity index (χ0n) is 21.4. The number of fused-ring (bicyclic) bond motifs is 1. The van der Waals surface area contributed by atoms with Crippen molar-refractivity contribution in [2.45, 2.75) is 75.8 Å². The van der Waals surface area contributed by atoms with Crippen LogP contribution in [0.4, 0.5) is 4.79 Å². The zero-order valence-corrected chi connectivity index (χ0v) is 22.3. The summed E-state index contributed by atoms with van der Waals surface area (Å²) in [5, 5.41) is 12.9. The van der Waals surface area contributed by atoms with Crippen LogP contribution in [0.2, 0.25) is 0 Å². The van der Waals surface area contributed by atoms with Gasteiger partial charge in [0.2, 0.25) is 5.91 Å². The van der Waals surface area contributed by atoms with Crippen LogP contribution in [0.15, 0.2) is 47.4 Å². The number of likely N-dealkylation sites (tertiary alicyclic amines) is 1.